The minimum absolute atomic E-state index is 0.0620. The maximum absolute atomic E-state index is 13.4. The Hall–Kier alpha value is -3.50. The lowest BCUT2D eigenvalue weighted by Gasteiger charge is -2.20. The minimum Gasteiger partial charge on any atom is -0.497 e. The third-order valence-corrected chi connectivity index (χ3v) is 8.79. The van der Waals surface area contributed by atoms with Gasteiger partial charge in [0.1, 0.15) is 17.0 Å². The van der Waals surface area contributed by atoms with E-state index in [9.17, 15) is 13.2 Å². The number of carbonyl (C=O) groups is 1. The van der Waals surface area contributed by atoms with E-state index in [1.807, 2.05) is 31.2 Å². The maximum Gasteiger partial charge on any atom is 0.229 e. The molecule has 0 fully saturated rings. The van der Waals surface area contributed by atoms with Crippen LogP contribution in [-0.2, 0) is 21.2 Å². The van der Waals surface area contributed by atoms with Crippen molar-refractivity contribution in [2.75, 3.05) is 24.9 Å². The van der Waals surface area contributed by atoms with Crippen molar-refractivity contribution in [3.63, 3.8) is 0 Å². The lowest BCUT2D eigenvalue weighted by molar-refractivity contribution is -0.118. The van der Waals surface area contributed by atoms with E-state index >= 15 is 0 Å². The summed E-state index contributed by atoms with van der Waals surface area (Å²) in [6.07, 6.45) is 3.59. The number of aromatic nitrogens is 2. The van der Waals surface area contributed by atoms with Gasteiger partial charge in [-0.15, -0.1) is 0 Å². The smallest absolute Gasteiger partial charge is 0.229 e. The van der Waals surface area contributed by atoms with Gasteiger partial charge in [-0.05, 0) is 66.9 Å². The number of benzene rings is 2. The van der Waals surface area contributed by atoms with Gasteiger partial charge >= 0.3 is 0 Å². The second-order valence-corrected chi connectivity index (χ2v) is 11.3. The molecule has 0 aliphatic rings. The number of amides is 1. The Labute approximate surface area is 214 Å². The van der Waals surface area contributed by atoms with Gasteiger partial charge in [0.05, 0.1) is 36.1 Å². The molecule has 0 saturated carbocycles. The molecule has 0 spiro atoms. The predicted octanol–water partition coefficient (Wildman–Crippen LogP) is 4.80. The highest BCUT2D eigenvalue weighted by molar-refractivity contribution is 7.91. The van der Waals surface area contributed by atoms with Crippen molar-refractivity contribution >= 4 is 42.4 Å². The fraction of sp³-hybridized carbons (Fsp3) is 0.269. The normalized spacial score (nSPS) is 11.4. The number of sulfone groups is 1. The molecule has 2 aromatic heterocycles. The molecule has 0 radical (unpaired) electrons. The Morgan fingerprint density at radius 1 is 1.00 bits per heavy atom. The number of pyridine rings is 1. The van der Waals surface area contributed by atoms with E-state index in [0.29, 0.717) is 28.7 Å². The first-order valence-corrected chi connectivity index (χ1v) is 13.8. The molecule has 0 bridgehead atoms. The average molecular weight is 526 g/mol. The molecule has 188 valence electrons. The van der Waals surface area contributed by atoms with Crippen molar-refractivity contribution in [1.29, 1.82) is 0 Å². The summed E-state index contributed by atoms with van der Waals surface area (Å²) in [4.78, 5) is 24.0. The van der Waals surface area contributed by atoms with E-state index < -0.39 is 9.84 Å². The van der Waals surface area contributed by atoms with Crippen LogP contribution in [0.3, 0.4) is 0 Å². The third-order valence-electron chi connectivity index (χ3n) is 5.76. The van der Waals surface area contributed by atoms with Gasteiger partial charge in [0, 0.05) is 18.8 Å². The highest BCUT2D eigenvalue weighted by atomic mass is 32.2. The lowest BCUT2D eigenvalue weighted by atomic mass is 10.2. The van der Waals surface area contributed by atoms with Crippen molar-refractivity contribution in [2.24, 2.45) is 0 Å². The highest BCUT2D eigenvalue weighted by Crippen LogP contribution is 2.37. The summed E-state index contributed by atoms with van der Waals surface area (Å²) in [5.41, 5.74) is 2.63. The molecule has 2 aromatic carbocycles. The number of methoxy groups -OCH3 is 2. The molecule has 0 aliphatic carbocycles. The highest BCUT2D eigenvalue weighted by Gasteiger charge is 2.23. The maximum atomic E-state index is 13.4. The van der Waals surface area contributed by atoms with Gasteiger partial charge in [-0.1, -0.05) is 17.4 Å². The Balaban J connectivity index is 1.55. The number of nitrogens with zero attached hydrogens (tertiary/aromatic N) is 3. The fourth-order valence-electron chi connectivity index (χ4n) is 3.76. The zero-order valence-corrected chi connectivity index (χ0v) is 21.9. The number of hydrogen-bond donors (Lipinski definition) is 0. The monoisotopic (exact) mass is 525 g/mol. The topological polar surface area (TPSA) is 98.7 Å². The first-order valence-electron chi connectivity index (χ1n) is 11.3. The summed E-state index contributed by atoms with van der Waals surface area (Å²) in [5.74, 6) is 0.881. The minimum atomic E-state index is -3.53. The molecule has 0 unspecified atom stereocenters. The van der Waals surface area contributed by atoms with Crippen LogP contribution >= 0.6 is 11.3 Å². The van der Waals surface area contributed by atoms with Crippen molar-refractivity contribution < 1.29 is 22.7 Å². The number of ether oxygens (including phenoxy) is 2. The van der Waals surface area contributed by atoms with Crippen LogP contribution in [0, 0.1) is 6.92 Å². The summed E-state index contributed by atoms with van der Waals surface area (Å²) >= 11 is 1.42. The van der Waals surface area contributed by atoms with Crippen LogP contribution in [0.4, 0.5) is 5.13 Å². The van der Waals surface area contributed by atoms with E-state index in [1.54, 1.807) is 36.5 Å². The first-order chi connectivity index (χ1) is 17.3. The van der Waals surface area contributed by atoms with Crippen LogP contribution in [0.15, 0.2) is 65.8 Å². The van der Waals surface area contributed by atoms with Crippen LogP contribution in [0.2, 0.25) is 0 Å². The van der Waals surface area contributed by atoms with E-state index in [-0.39, 0.29) is 29.4 Å². The molecule has 2 heterocycles. The van der Waals surface area contributed by atoms with Crippen LogP contribution in [-0.4, -0.2) is 44.3 Å². The molecule has 0 saturated heterocycles. The molecule has 4 rings (SSSR count). The van der Waals surface area contributed by atoms with Gasteiger partial charge in [0.15, 0.2) is 15.0 Å². The largest absolute Gasteiger partial charge is 0.497 e. The fourth-order valence-corrected chi connectivity index (χ4v) is 6.14. The summed E-state index contributed by atoms with van der Waals surface area (Å²) < 4.78 is 37.1. The summed E-state index contributed by atoms with van der Waals surface area (Å²) in [6.45, 7) is 2.29. The second kappa shape index (κ2) is 11.0. The molecule has 4 aromatic rings. The standard InChI is InChI=1S/C26H27N3O5S2/c1-18-6-11-22(34-3)24-25(18)35-26(28-24)29(17-19-12-14-27-15-13-19)23(30)5-4-16-36(31,32)21-9-7-20(33-2)8-10-21/h6-15H,4-5,16-17H2,1-3H3. The Bertz CT molecular complexity index is 1450. The molecule has 1 amide bonds. The number of anilines is 1. The number of rotatable bonds is 10. The number of carbonyl (C=O) groups excluding carboxylic acids is 1. The van der Waals surface area contributed by atoms with E-state index in [4.69, 9.17) is 14.5 Å². The van der Waals surface area contributed by atoms with Crippen LogP contribution in [0.25, 0.3) is 10.2 Å². The molecular weight excluding hydrogens is 498 g/mol. The second-order valence-electron chi connectivity index (χ2n) is 8.19. The van der Waals surface area contributed by atoms with Crippen molar-refractivity contribution in [1.82, 2.24) is 9.97 Å². The van der Waals surface area contributed by atoms with E-state index in [0.717, 1.165) is 15.8 Å². The van der Waals surface area contributed by atoms with Crippen molar-refractivity contribution in [2.45, 2.75) is 31.2 Å². The summed E-state index contributed by atoms with van der Waals surface area (Å²) in [5, 5.41) is 0.539. The van der Waals surface area contributed by atoms with Gasteiger partial charge in [-0.2, -0.15) is 0 Å². The van der Waals surface area contributed by atoms with E-state index in [2.05, 4.69) is 4.98 Å². The number of thiazole rings is 1. The van der Waals surface area contributed by atoms with Crippen LogP contribution < -0.4 is 14.4 Å². The van der Waals surface area contributed by atoms with Gasteiger partial charge in [-0.3, -0.25) is 14.7 Å². The number of fused-ring (bicyclic) bond motifs is 1. The van der Waals surface area contributed by atoms with E-state index in [1.165, 1.54) is 30.6 Å². The molecule has 0 N–H and O–H groups in total. The zero-order chi connectivity index (χ0) is 25.7. The SMILES string of the molecule is COc1ccc(S(=O)(=O)CCCC(=O)N(Cc2ccncc2)c2nc3c(OC)ccc(C)c3s2)cc1. The summed E-state index contributed by atoms with van der Waals surface area (Å²) in [7, 11) is -0.416. The van der Waals surface area contributed by atoms with Gasteiger partial charge in [-0.25, -0.2) is 13.4 Å². The zero-order valence-electron chi connectivity index (χ0n) is 20.3. The molecule has 36 heavy (non-hydrogen) atoms. The Kier molecular flexibility index (Phi) is 7.85. The average Bonchev–Trinajstić information content (AvgIpc) is 3.34. The molecule has 10 heteroatoms. The van der Waals surface area contributed by atoms with Crippen LogP contribution in [0.5, 0.6) is 11.5 Å². The molecule has 0 atom stereocenters. The molecule has 8 nitrogen and oxygen atoms in total. The number of aryl methyl sites for hydroxylation is 1. The predicted molar refractivity (Wildman–Crippen MR) is 141 cm³/mol. The van der Waals surface area contributed by atoms with Gasteiger partial charge < -0.3 is 9.47 Å². The molecule has 0 aliphatic heterocycles. The van der Waals surface area contributed by atoms with Gasteiger partial charge in [0.25, 0.3) is 0 Å². The van der Waals surface area contributed by atoms with Crippen molar-refractivity contribution in [3.05, 3.63) is 72.1 Å². The Morgan fingerprint density at radius 3 is 2.39 bits per heavy atom. The number of hydrogen-bond acceptors (Lipinski definition) is 8. The quantitative estimate of drug-likeness (QED) is 0.293. The first kappa shape index (κ1) is 25.6. The molecular formula is C26H27N3O5S2. The van der Waals surface area contributed by atoms with Crippen molar-refractivity contribution in [3.8, 4) is 11.5 Å². The lowest BCUT2D eigenvalue weighted by Crippen LogP contribution is -2.30. The van der Waals surface area contributed by atoms with Gasteiger partial charge in [0.2, 0.25) is 5.91 Å². The third kappa shape index (κ3) is 5.66. The summed E-state index contributed by atoms with van der Waals surface area (Å²) in [6, 6.07) is 13.8. The van der Waals surface area contributed by atoms with Crippen LogP contribution in [0.1, 0.15) is 24.0 Å². The Morgan fingerprint density at radius 2 is 1.72 bits per heavy atom.